The van der Waals surface area contributed by atoms with Crippen molar-refractivity contribution in [2.75, 3.05) is 16.8 Å². The van der Waals surface area contributed by atoms with Crippen LogP contribution < -0.4 is 15.0 Å². The zero-order valence-corrected chi connectivity index (χ0v) is 13.8. The van der Waals surface area contributed by atoms with Crippen molar-refractivity contribution < 1.29 is 14.3 Å². The molecule has 124 valence electrons. The molecule has 0 unspecified atom stereocenters. The zero-order chi connectivity index (χ0) is 17.1. The number of para-hydroxylation sites is 3. The summed E-state index contributed by atoms with van der Waals surface area (Å²) in [4.78, 5) is 26.4. The average Bonchev–Trinajstić information content (AvgIpc) is 2.59. The van der Waals surface area contributed by atoms with E-state index in [2.05, 4.69) is 5.32 Å². The Hall–Kier alpha value is -2.82. The number of aryl methyl sites for hydroxylation is 1. The summed E-state index contributed by atoms with van der Waals surface area (Å²) >= 11 is 0. The van der Waals surface area contributed by atoms with Crippen molar-refractivity contribution in [2.24, 2.45) is 0 Å². The van der Waals surface area contributed by atoms with Crippen LogP contribution in [0.1, 0.15) is 18.9 Å². The van der Waals surface area contributed by atoms with Crippen LogP contribution in [0.15, 0.2) is 48.5 Å². The van der Waals surface area contributed by atoms with E-state index in [0.717, 1.165) is 5.56 Å². The van der Waals surface area contributed by atoms with Gasteiger partial charge in [0.25, 0.3) is 5.91 Å². The van der Waals surface area contributed by atoms with Gasteiger partial charge in [-0.05, 0) is 37.1 Å². The van der Waals surface area contributed by atoms with E-state index in [1.54, 1.807) is 6.07 Å². The standard InChI is InChI=1S/C19H20N2O3/c1-3-16(24-17-11-7-4-8-13(17)2)19(23)21-12-18(22)20-14-9-5-6-10-15(14)21/h4-11,16H,3,12H2,1-2H3,(H,20,22)/t16-/m0/s1. The Balaban J connectivity index is 1.87. The fraction of sp³-hybridized carbons (Fsp3) is 0.263. The molecule has 3 rings (SSSR count). The smallest absolute Gasteiger partial charge is 0.268 e. The normalized spacial score (nSPS) is 14.6. The Bertz CT molecular complexity index is 773. The van der Waals surface area contributed by atoms with E-state index in [0.29, 0.717) is 23.5 Å². The van der Waals surface area contributed by atoms with Crippen molar-refractivity contribution in [1.82, 2.24) is 0 Å². The quantitative estimate of drug-likeness (QED) is 0.940. The molecule has 1 atom stereocenters. The summed E-state index contributed by atoms with van der Waals surface area (Å²) in [7, 11) is 0. The van der Waals surface area contributed by atoms with Gasteiger partial charge in [0.05, 0.1) is 11.4 Å². The lowest BCUT2D eigenvalue weighted by molar-refractivity contribution is -0.127. The number of benzene rings is 2. The minimum Gasteiger partial charge on any atom is -0.480 e. The second-order valence-electron chi connectivity index (χ2n) is 5.77. The molecule has 1 aliphatic rings. The molecule has 5 nitrogen and oxygen atoms in total. The van der Waals surface area contributed by atoms with E-state index in [1.807, 2.05) is 56.3 Å². The summed E-state index contributed by atoms with van der Waals surface area (Å²) in [6.07, 6.45) is -0.113. The number of ether oxygens (including phenoxy) is 1. The number of hydrogen-bond acceptors (Lipinski definition) is 3. The predicted octanol–water partition coefficient (Wildman–Crippen LogP) is 3.14. The van der Waals surface area contributed by atoms with E-state index in [-0.39, 0.29) is 18.4 Å². The zero-order valence-electron chi connectivity index (χ0n) is 13.8. The average molecular weight is 324 g/mol. The minimum absolute atomic E-state index is 0.00345. The van der Waals surface area contributed by atoms with Crippen LogP contribution in [0, 0.1) is 6.92 Å². The molecule has 5 heteroatoms. The van der Waals surface area contributed by atoms with Crippen LogP contribution in [0.2, 0.25) is 0 Å². The van der Waals surface area contributed by atoms with Crippen LogP contribution in [0.25, 0.3) is 0 Å². The molecule has 2 aromatic rings. The number of carbonyl (C=O) groups excluding carboxylic acids is 2. The lowest BCUT2D eigenvalue weighted by Crippen LogP contribution is -2.48. The molecule has 1 N–H and O–H groups in total. The van der Waals surface area contributed by atoms with E-state index >= 15 is 0 Å². The van der Waals surface area contributed by atoms with Gasteiger partial charge < -0.3 is 10.1 Å². The first-order valence-electron chi connectivity index (χ1n) is 8.02. The Morgan fingerprint density at radius 3 is 2.67 bits per heavy atom. The van der Waals surface area contributed by atoms with Gasteiger partial charge in [-0.15, -0.1) is 0 Å². The third-order valence-corrected chi connectivity index (χ3v) is 4.05. The third kappa shape index (κ3) is 3.11. The number of nitrogens with zero attached hydrogens (tertiary/aromatic N) is 1. The minimum atomic E-state index is -0.634. The largest absolute Gasteiger partial charge is 0.480 e. The molecular weight excluding hydrogens is 304 g/mol. The molecule has 2 amide bonds. The van der Waals surface area contributed by atoms with Crippen molar-refractivity contribution in [1.29, 1.82) is 0 Å². The summed E-state index contributed by atoms with van der Waals surface area (Å²) in [5.41, 5.74) is 2.32. The van der Waals surface area contributed by atoms with E-state index in [9.17, 15) is 9.59 Å². The molecule has 1 aliphatic heterocycles. The highest BCUT2D eigenvalue weighted by atomic mass is 16.5. The van der Waals surface area contributed by atoms with E-state index in [4.69, 9.17) is 4.74 Å². The Kier molecular flexibility index (Phi) is 4.51. The second kappa shape index (κ2) is 6.74. The first-order valence-corrected chi connectivity index (χ1v) is 8.02. The maximum Gasteiger partial charge on any atom is 0.268 e. The van der Waals surface area contributed by atoms with Crippen LogP contribution in [-0.2, 0) is 9.59 Å². The third-order valence-electron chi connectivity index (χ3n) is 4.05. The summed E-state index contributed by atoms with van der Waals surface area (Å²) < 4.78 is 5.94. The Morgan fingerprint density at radius 2 is 1.92 bits per heavy atom. The maximum atomic E-state index is 13.0. The molecular formula is C19H20N2O3. The van der Waals surface area contributed by atoms with Gasteiger partial charge in [-0.2, -0.15) is 0 Å². The lowest BCUT2D eigenvalue weighted by Gasteiger charge is -2.31. The molecule has 0 fully saturated rings. The number of amides is 2. The van der Waals surface area contributed by atoms with Gasteiger partial charge in [0, 0.05) is 0 Å². The molecule has 1 heterocycles. The molecule has 0 saturated carbocycles. The fourth-order valence-electron chi connectivity index (χ4n) is 2.75. The van der Waals surface area contributed by atoms with Crippen molar-refractivity contribution in [3.63, 3.8) is 0 Å². The molecule has 0 bridgehead atoms. The summed E-state index contributed by atoms with van der Waals surface area (Å²) in [5.74, 6) is 0.281. The second-order valence-corrected chi connectivity index (χ2v) is 5.77. The van der Waals surface area contributed by atoms with Crippen molar-refractivity contribution in [2.45, 2.75) is 26.4 Å². The van der Waals surface area contributed by atoms with Crippen molar-refractivity contribution in [3.8, 4) is 5.75 Å². The van der Waals surface area contributed by atoms with Crippen LogP contribution in [0.5, 0.6) is 5.75 Å². The fourth-order valence-corrected chi connectivity index (χ4v) is 2.75. The molecule has 0 saturated heterocycles. The van der Waals surface area contributed by atoms with Gasteiger partial charge >= 0.3 is 0 Å². The molecule has 0 radical (unpaired) electrons. The monoisotopic (exact) mass is 324 g/mol. The van der Waals surface area contributed by atoms with Crippen molar-refractivity contribution >= 4 is 23.2 Å². The van der Waals surface area contributed by atoms with Gasteiger partial charge in [-0.3, -0.25) is 14.5 Å². The lowest BCUT2D eigenvalue weighted by atomic mass is 10.1. The van der Waals surface area contributed by atoms with Gasteiger partial charge in [0.1, 0.15) is 12.3 Å². The molecule has 24 heavy (non-hydrogen) atoms. The highest BCUT2D eigenvalue weighted by molar-refractivity contribution is 6.11. The summed E-state index contributed by atoms with van der Waals surface area (Å²) in [6.45, 7) is 3.84. The van der Waals surface area contributed by atoms with Crippen LogP contribution in [0.4, 0.5) is 11.4 Å². The van der Waals surface area contributed by atoms with Crippen LogP contribution >= 0.6 is 0 Å². The highest BCUT2D eigenvalue weighted by Crippen LogP contribution is 2.30. The molecule has 0 aliphatic carbocycles. The predicted molar refractivity (Wildman–Crippen MR) is 93.3 cm³/mol. The number of hydrogen-bond donors (Lipinski definition) is 1. The summed E-state index contributed by atoms with van der Waals surface area (Å²) in [5, 5.41) is 2.79. The number of anilines is 2. The van der Waals surface area contributed by atoms with E-state index in [1.165, 1.54) is 4.90 Å². The van der Waals surface area contributed by atoms with Crippen molar-refractivity contribution in [3.05, 3.63) is 54.1 Å². The van der Waals surface area contributed by atoms with Crippen LogP contribution in [-0.4, -0.2) is 24.5 Å². The topological polar surface area (TPSA) is 58.6 Å². The molecule has 2 aromatic carbocycles. The Morgan fingerprint density at radius 1 is 1.21 bits per heavy atom. The maximum absolute atomic E-state index is 13.0. The SMILES string of the molecule is CC[C@H](Oc1ccccc1C)C(=O)N1CC(=O)Nc2ccccc21. The Labute approximate surface area is 141 Å². The van der Waals surface area contributed by atoms with Gasteiger partial charge in [0.15, 0.2) is 6.10 Å². The summed E-state index contributed by atoms with van der Waals surface area (Å²) in [6, 6.07) is 14.9. The first kappa shape index (κ1) is 16.1. The number of carbonyl (C=O) groups is 2. The number of rotatable bonds is 4. The van der Waals surface area contributed by atoms with E-state index < -0.39 is 6.10 Å². The van der Waals surface area contributed by atoms with Crippen LogP contribution in [0.3, 0.4) is 0 Å². The highest BCUT2D eigenvalue weighted by Gasteiger charge is 2.32. The first-order chi connectivity index (χ1) is 11.6. The number of fused-ring (bicyclic) bond motifs is 1. The van der Waals surface area contributed by atoms with Gasteiger partial charge in [-0.1, -0.05) is 37.3 Å². The van der Waals surface area contributed by atoms with Gasteiger partial charge in [-0.25, -0.2) is 0 Å². The van der Waals surface area contributed by atoms with Gasteiger partial charge in [0.2, 0.25) is 5.91 Å². The number of nitrogens with one attached hydrogen (secondary N) is 1. The molecule has 0 aromatic heterocycles. The molecule has 0 spiro atoms.